The standard InChI is InChI=1S/C14H21F3N4/c1-9-5-3-2-4-6-11(9)19-12-7-10(14(15,16)17)8-13(20-12)21-18/h7-9,11H,2-6,18H2,1H3,(H2,19,20,21). The van der Waals surface area contributed by atoms with Gasteiger partial charge in [-0.2, -0.15) is 13.2 Å². The van der Waals surface area contributed by atoms with E-state index in [1.807, 2.05) is 0 Å². The van der Waals surface area contributed by atoms with Gasteiger partial charge in [0.05, 0.1) is 5.56 Å². The first-order valence-electron chi connectivity index (χ1n) is 7.22. The van der Waals surface area contributed by atoms with Crippen molar-refractivity contribution in [3.63, 3.8) is 0 Å². The lowest BCUT2D eigenvalue weighted by Gasteiger charge is -2.24. The van der Waals surface area contributed by atoms with E-state index < -0.39 is 11.7 Å². The van der Waals surface area contributed by atoms with E-state index in [9.17, 15) is 13.2 Å². The monoisotopic (exact) mass is 302 g/mol. The molecule has 1 aliphatic rings. The van der Waals surface area contributed by atoms with Crippen LogP contribution in [0.15, 0.2) is 12.1 Å². The zero-order chi connectivity index (χ0) is 15.5. The second-order valence-corrected chi connectivity index (χ2v) is 5.63. The minimum Gasteiger partial charge on any atom is -0.367 e. The second kappa shape index (κ2) is 6.51. The normalized spacial score (nSPS) is 23.5. The van der Waals surface area contributed by atoms with Gasteiger partial charge in [-0.25, -0.2) is 10.8 Å². The Morgan fingerprint density at radius 1 is 1.14 bits per heavy atom. The highest BCUT2D eigenvalue weighted by Crippen LogP contribution is 2.33. The summed E-state index contributed by atoms with van der Waals surface area (Å²) in [6, 6.07) is 2.09. The van der Waals surface area contributed by atoms with E-state index in [2.05, 4.69) is 22.7 Å². The van der Waals surface area contributed by atoms with Gasteiger partial charge in [-0.15, -0.1) is 0 Å². The molecule has 1 saturated carbocycles. The molecule has 0 radical (unpaired) electrons. The molecule has 2 atom stereocenters. The van der Waals surface area contributed by atoms with Gasteiger partial charge in [-0.1, -0.05) is 26.2 Å². The molecule has 1 aromatic heterocycles. The maximum Gasteiger partial charge on any atom is 0.416 e. The summed E-state index contributed by atoms with van der Waals surface area (Å²) in [4.78, 5) is 4.08. The molecular formula is C14H21F3N4. The fraction of sp³-hybridized carbons (Fsp3) is 0.643. The number of anilines is 2. The number of hydrazine groups is 1. The number of rotatable bonds is 3. The van der Waals surface area contributed by atoms with Gasteiger partial charge < -0.3 is 10.7 Å². The second-order valence-electron chi connectivity index (χ2n) is 5.63. The molecule has 0 amide bonds. The molecule has 0 saturated heterocycles. The Hall–Kier alpha value is -1.50. The molecule has 1 aromatic rings. The van der Waals surface area contributed by atoms with Crippen LogP contribution >= 0.6 is 0 Å². The Kier molecular flexibility index (Phi) is 4.92. The van der Waals surface area contributed by atoms with Crippen LogP contribution in [0.4, 0.5) is 24.8 Å². The molecule has 1 aliphatic carbocycles. The first-order valence-corrected chi connectivity index (χ1v) is 7.22. The van der Waals surface area contributed by atoms with Crippen molar-refractivity contribution in [2.24, 2.45) is 11.8 Å². The predicted octanol–water partition coefficient (Wildman–Crippen LogP) is 3.77. The summed E-state index contributed by atoms with van der Waals surface area (Å²) in [5.74, 6) is 5.85. The SMILES string of the molecule is CC1CCCCCC1Nc1cc(C(F)(F)F)cc(NN)n1. The van der Waals surface area contributed by atoms with E-state index in [0.717, 1.165) is 31.4 Å². The van der Waals surface area contributed by atoms with Crippen molar-refractivity contribution in [3.8, 4) is 0 Å². The highest BCUT2D eigenvalue weighted by atomic mass is 19.4. The summed E-state index contributed by atoms with van der Waals surface area (Å²) in [6.45, 7) is 2.12. The molecule has 7 heteroatoms. The first kappa shape index (κ1) is 15.9. The molecule has 0 bridgehead atoms. The molecule has 0 spiro atoms. The number of nitrogen functional groups attached to an aromatic ring is 1. The van der Waals surface area contributed by atoms with Gasteiger partial charge in [-0.05, 0) is 30.9 Å². The zero-order valence-corrected chi connectivity index (χ0v) is 12.0. The van der Waals surface area contributed by atoms with Gasteiger partial charge in [0, 0.05) is 6.04 Å². The van der Waals surface area contributed by atoms with Crippen LogP contribution in [0.2, 0.25) is 0 Å². The summed E-state index contributed by atoms with van der Waals surface area (Å²) in [5, 5.41) is 3.15. The molecule has 21 heavy (non-hydrogen) atoms. The quantitative estimate of drug-likeness (QED) is 0.452. The van der Waals surface area contributed by atoms with Crippen molar-refractivity contribution in [2.45, 2.75) is 51.2 Å². The van der Waals surface area contributed by atoms with E-state index >= 15 is 0 Å². The molecule has 1 fully saturated rings. The third-order valence-electron chi connectivity index (χ3n) is 4.00. The van der Waals surface area contributed by atoms with E-state index in [0.29, 0.717) is 5.92 Å². The number of nitrogens with two attached hydrogens (primary N) is 1. The van der Waals surface area contributed by atoms with Crippen molar-refractivity contribution in [3.05, 3.63) is 17.7 Å². The molecule has 2 rings (SSSR count). The summed E-state index contributed by atoms with van der Waals surface area (Å²) in [6.07, 6.45) is 1.05. The number of nitrogens with one attached hydrogen (secondary N) is 2. The minimum absolute atomic E-state index is 0.00796. The Labute approximate surface area is 122 Å². The van der Waals surface area contributed by atoms with Crippen LogP contribution in [-0.2, 0) is 6.18 Å². The Balaban J connectivity index is 2.22. The number of hydrogen-bond acceptors (Lipinski definition) is 4. The third kappa shape index (κ3) is 4.23. The van der Waals surface area contributed by atoms with Crippen LogP contribution in [0.3, 0.4) is 0 Å². The number of nitrogens with zero attached hydrogens (tertiary/aromatic N) is 1. The Bertz CT molecular complexity index is 476. The van der Waals surface area contributed by atoms with Crippen LogP contribution in [0.5, 0.6) is 0 Å². The van der Waals surface area contributed by atoms with Crippen molar-refractivity contribution in [2.75, 3.05) is 10.7 Å². The molecule has 0 aromatic carbocycles. The van der Waals surface area contributed by atoms with Crippen LogP contribution in [0.25, 0.3) is 0 Å². The summed E-state index contributed by atoms with van der Waals surface area (Å²) >= 11 is 0. The fourth-order valence-corrected chi connectivity index (χ4v) is 2.74. The van der Waals surface area contributed by atoms with E-state index in [4.69, 9.17) is 5.84 Å². The van der Waals surface area contributed by atoms with Gasteiger partial charge in [0.15, 0.2) is 0 Å². The smallest absolute Gasteiger partial charge is 0.367 e. The zero-order valence-electron chi connectivity index (χ0n) is 12.0. The number of aromatic nitrogens is 1. The van der Waals surface area contributed by atoms with Gasteiger partial charge in [-0.3, -0.25) is 0 Å². The average Bonchev–Trinajstić information content (AvgIpc) is 2.63. The fourth-order valence-electron chi connectivity index (χ4n) is 2.74. The van der Waals surface area contributed by atoms with Crippen LogP contribution < -0.4 is 16.6 Å². The van der Waals surface area contributed by atoms with Crippen LogP contribution in [0.1, 0.15) is 44.6 Å². The molecule has 1 heterocycles. The molecule has 0 aliphatic heterocycles. The van der Waals surface area contributed by atoms with Gasteiger partial charge in [0.1, 0.15) is 11.6 Å². The maximum atomic E-state index is 12.9. The van der Waals surface area contributed by atoms with Crippen molar-refractivity contribution in [1.82, 2.24) is 4.98 Å². The van der Waals surface area contributed by atoms with Crippen molar-refractivity contribution < 1.29 is 13.2 Å². The number of alkyl halides is 3. The molecule has 118 valence electrons. The average molecular weight is 302 g/mol. The summed E-state index contributed by atoms with van der Waals surface area (Å²) in [7, 11) is 0. The van der Waals surface area contributed by atoms with Gasteiger partial charge >= 0.3 is 6.18 Å². The Morgan fingerprint density at radius 3 is 2.48 bits per heavy atom. The largest absolute Gasteiger partial charge is 0.416 e. The maximum absolute atomic E-state index is 12.9. The van der Waals surface area contributed by atoms with Gasteiger partial charge in [0.25, 0.3) is 0 Å². The lowest BCUT2D eigenvalue weighted by Crippen LogP contribution is -2.27. The predicted molar refractivity (Wildman–Crippen MR) is 76.7 cm³/mol. The van der Waals surface area contributed by atoms with Crippen LogP contribution in [0, 0.1) is 5.92 Å². The van der Waals surface area contributed by atoms with E-state index in [1.54, 1.807) is 0 Å². The molecule has 2 unspecified atom stereocenters. The lowest BCUT2D eigenvalue weighted by molar-refractivity contribution is -0.137. The molecule has 4 N–H and O–H groups in total. The summed E-state index contributed by atoms with van der Waals surface area (Å²) < 4.78 is 38.6. The van der Waals surface area contributed by atoms with Crippen LogP contribution in [-0.4, -0.2) is 11.0 Å². The van der Waals surface area contributed by atoms with Crippen molar-refractivity contribution in [1.29, 1.82) is 0 Å². The highest BCUT2D eigenvalue weighted by Gasteiger charge is 2.32. The molecule has 4 nitrogen and oxygen atoms in total. The van der Waals surface area contributed by atoms with Crippen molar-refractivity contribution >= 4 is 11.6 Å². The van der Waals surface area contributed by atoms with Gasteiger partial charge in [0.2, 0.25) is 0 Å². The minimum atomic E-state index is -4.42. The molecular weight excluding hydrogens is 281 g/mol. The third-order valence-corrected chi connectivity index (χ3v) is 4.00. The number of pyridine rings is 1. The number of halogens is 3. The van der Waals surface area contributed by atoms with E-state index in [-0.39, 0.29) is 17.7 Å². The van der Waals surface area contributed by atoms with E-state index in [1.165, 1.54) is 12.8 Å². The first-order chi connectivity index (χ1) is 9.90. The highest BCUT2D eigenvalue weighted by molar-refractivity contribution is 5.49. The lowest BCUT2D eigenvalue weighted by atomic mass is 9.97. The number of hydrogen-bond donors (Lipinski definition) is 3. The summed E-state index contributed by atoms with van der Waals surface area (Å²) in [5.41, 5.74) is 1.43. The Morgan fingerprint density at radius 2 is 1.81 bits per heavy atom. The topological polar surface area (TPSA) is 63.0 Å².